The minimum Gasteiger partial charge on any atom is -0.489 e. The molecule has 0 unspecified atom stereocenters. The second-order valence-corrected chi connectivity index (χ2v) is 12.4. The first-order valence-electron chi connectivity index (χ1n) is 14.1. The molecule has 222 valence electrons. The molecule has 0 radical (unpaired) electrons. The fraction of sp³-hybridized carbons (Fsp3) is 0.406. The van der Waals surface area contributed by atoms with Crippen LogP contribution >= 0.6 is 11.6 Å². The molecule has 0 spiro atoms. The van der Waals surface area contributed by atoms with Gasteiger partial charge in [-0.2, -0.15) is 0 Å². The average Bonchev–Trinajstić information content (AvgIpc) is 3.26. The summed E-state index contributed by atoms with van der Waals surface area (Å²) >= 11 is 6.26. The van der Waals surface area contributed by atoms with Gasteiger partial charge in [0.1, 0.15) is 6.61 Å². The third-order valence-corrected chi connectivity index (χ3v) is 7.65. The van der Waals surface area contributed by atoms with Crippen LogP contribution in [0.1, 0.15) is 43.7 Å². The molecule has 1 aliphatic rings. The summed E-state index contributed by atoms with van der Waals surface area (Å²) in [6, 6.07) is 9.66. The molecule has 0 saturated carbocycles. The van der Waals surface area contributed by atoms with Gasteiger partial charge in [-0.3, -0.25) is 0 Å². The Bertz CT molecular complexity index is 1610. The highest BCUT2D eigenvalue weighted by Crippen LogP contribution is 2.49. The van der Waals surface area contributed by atoms with Gasteiger partial charge in [-0.25, -0.2) is 14.8 Å². The summed E-state index contributed by atoms with van der Waals surface area (Å²) in [4.78, 5) is 26.4. The van der Waals surface area contributed by atoms with E-state index in [9.17, 15) is 9.90 Å². The molecule has 0 fully saturated rings. The Morgan fingerprint density at radius 2 is 1.79 bits per heavy atom. The second kappa shape index (κ2) is 11.6. The number of likely N-dealkylation sites (N-methyl/N-ethyl adjacent to an activating group) is 1. The van der Waals surface area contributed by atoms with Crippen LogP contribution < -0.4 is 9.64 Å². The van der Waals surface area contributed by atoms with Gasteiger partial charge < -0.3 is 28.9 Å². The van der Waals surface area contributed by atoms with Crippen molar-refractivity contribution in [2.45, 2.75) is 52.9 Å². The molecule has 10 heteroatoms. The number of nitrogens with zero attached hydrogens (tertiary/aromatic N) is 5. The van der Waals surface area contributed by atoms with Crippen LogP contribution in [0.2, 0.25) is 5.02 Å². The Kier molecular flexibility index (Phi) is 8.20. The summed E-state index contributed by atoms with van der Waals surface area (Å²) in [6.45, 7) is 12.3. The summed E-state index contributed by atoms with van der Waals surface area (Å²) < 4.78 is 14.4. The van der Waals surface area contributed by atoms with Gasteiger partial charge in [0, 0.05) is 41.3 Å². The van der Waals surface area contributed by atoms with Crippen LogP contribution in [0.5, 0.6) is 5.75 Å². The number of hydrogen-bond donors (Lipinski definition) is 1. The maximum absolute atomic E-state index is 12.9. The first-order valence-corrected chi connectivity index (χ1v) is 14.4. The molecule has 0 amide bonds. The highest BCUT2D eigenvalue weighted by Gasteiger charge is 2.36. The number of benzene rings is 2. The summed E-state index contributed by atoms with van der Waals surface area (Å²) in [5.74, 6) is 0.0732. The van der Waals surface area contributed by atoms with Gasteiger partial charge in [-0.15, -0.1) is 0 Å². The molecule has 42 heavy (non-hydrogen) atoms. The van der Waals surface area contributed by atoms with Crippen molar-refractivity contribution in [2.75, 3.05) is 38.7 Å². The first kappa shape index (κ1) is 29.8. The van der Waals surface area contributed by atoms with Crippen molar-refractivity contribution < 1.29 is 19.4 Å². The van der Waals surface area contributed by atoms with Crippen molar-refractivity contribution >= 4 is 40.1 Å². The maximum Gasteiger partial charge on any atom is 0.337 e. The maximum atomic E-state index is 12.9. The van der Waals surface area contributed by atoms with E-state index in [4.69, 9.17) is 21.1 Å². The van der Waals surface area contributed by atoms with Crippen molar-refractivity contribution in [1.29, 1.82) is 0 Å². The third-order valence-electron chi connectivity index (χ3n) is 7.40. The highest BCUT2D eigenvalue weighted by molar-refractivity contribution is 6.30. The Hall–Kier alpha value is -3.66. The van der Waals surface area contributed by atoms with E-state index in [2.05, 4.69) is 32.4 Å². The number of anilines is 2. The van der Waals surface area contributed by atoms with E-state index in [-0.39, 0.29) is 0 Å². The number of halogens is 1. The summed E-state index contributed by atoms with van der Waals surface area (Å²) in [5, 5.41) is 12.1. The lowest BCUT2D eigenvalue weighted by Crippen LogP contribution is -2.32. The van der Waals surface area contributed by atoms with Crippen LogP contribution in [0.25, 0.3) is 22.0 Å². The number of carboxylic acid groups (broad SMARTS) is 1. The predicted octanol–water partition coefficient (Wildman–Crippen LogP) is 6.40. The van der Waals surface area contributed by atoms with Gasteiger partial charge in [0.15, 0.2) is 11.9 Å². The van der Waals surface area contributed by atoms with Gasteiger partial charge in [-0.05, 0) is 83.6 Å². The van der Waals surface area contributed by atoms with E-state index in [0.717, 1.165) is 52.1 Å². The van der Waals surface area contributed by atoms with Gasteiger partial charge in [-0.1, -0.05) is 23.7 Å². The smallest absolute Gasteiger partial charge is 0.337 e. The third kappa shape index (κ3) is 5.82. The van der Waals surface area contributed by atoms with Crippen LogP contribution in [-0.4, -0.2) is 69.9 Å². The van der Waals surface area contributed by atoms with Crippen molar-refractivity contribution in [3.05, 3.63) is 64.6 Å². The van der Waals surface area contributed by atoms with E-state index < -0.39 is 17.7 Å². The molecule has 2 aromatic heterocycles. The molecule has 0 bridgehead atoms. The number of aromatic nitrogens is 3. The zero-order chi connectivity index (χ0) is 30.3. The van der Waals surface area contributed by atoms with Crippen LogP contribution in [0.3, 0.4) is 0 Å². The molecule has 1 atom stereocenters. The van der Waals surface area contributed by atoms with E-state index >= 15 is 0 Å². The minimum absolute atomic E-state index is 0.526. The Labute approximate surface area is 251 Å². The molecular formula is C32H38ClN5O4. The molecule has 0 saturated heterocycles. The van der Waals surface area contributed by atoms with E-state index in [0.29, 0.717) is 35.4 Å². The Morgan fingerprint density at radius 1 is 1.12 bits per heavy atom. The van der Waals surface area contributed by atoms with Crippen LogP contribution in [0.4, 0.5) is 11.6 Å². The number of aryl methyl sites for hydroxylation is 1. The number of hydrogen-bond acceptors (Lipinski definition) is 7. The van der Waals surface area contributed by atoms with Gasteiger partial charge in [0.25, 0.3) is 0 Å². The van der Waals surface area contributed by atoms with Gasteiger partial charge >= 0.3 is 5.97 Å². The standard InChI is InChI=1S/C32H38ClN5O4/c1-19-16-24-26(21-8-10-22(33)11-9-21)25(29(30(39)40)42-32(3,4)5)20(2)27-28(24)37(19)12-13-38(27)31-34-17-23(18-35-31)41-15-14-36(6)7/h8-11,16-18,29H,12-15H2,1-7H3,(H,39,40)/t29-/m0/s1. The molecular weight excluding hydrogens is 554 g/mol. The van der Waals surface area contributed by atoms with E-state index in [1.807, 2.05) is 71.0 Å². The van der Waals surface area contributed by atoms with Crippen LogP contribution in [0.15, 0.2) is 42.7 Å². The van der Waals surface area contributed by atoms with Crippen molar-refractivity contribution in [3.63, 3.8) is 0 Å². The molecule has 2 aromatic carbocycles. The number of carboxylic acids is 1. The summed E-state index contributed by atoms with van der Waals surface area (Å²) in [7, 11) is 3.99. The molecule has 0 aliphatic carbocycles. The predicted molar refractivity (Wildman–Crippen MR) is 166 cm³/mol. The molecule has 9 nitrogen and oxygen atoms in total. The van der Waals surface area contributed by atoms with Crippen molar-refractivity contribution in [2.24, 2.45) is 0 Å². The fourth-order valence-electron chi connectivity index (χ4n) is 5.60. The van der Waals surface area contributed by atoms with Gasteiger partial charge in [0.05, 0.1) is 29.2 Å². The number of rotatable bonds is 9. The van der Waals surface area contributed by atoms with Crippen molar-refractivity contribution in [3.8, 4) is 16.9 Å². The minimum atomic E-state index is -1.21. The van der Waals surface area contributed by atoms with E-state index in [1.54, 1.807) is 12.4 Å². The Balaban J connectivity index is 1.73. The lowest BCUT2D eigenvalue weighted by Gasteiger charge is -2.35. The first-order chi connectivity index (χ1) is 19.9. The van der Waals surface area contributed by atoms with Crippen LogP contribution in [0, 0.1) is 13.8 Å². The molecule has 5 rings (SSSR count). The quantitative estimate of drug-likeness (QED) is 0.239. The SMILES string of the molecule is Cc1c([C@H](OC(C)(C)C)C(=O)O)c(-c2ccc(Cl)cc2)c2cc(C)n3c2c1N(c1ncc(OCCN(C)C)cn1)CC3. The normalized spacial score (nSPS) is 14.1. The topological polar surface area (TPSA) is 93.0 Å². The largest absolute Gasteiger partial charge is 0.489 e. The molecule has 1 aliphatic heterocycles. The molecule has 4 aromatic rings. The van der Waals surface area contributed by atoms with Gasteiger partial charge in [0.2, 0.25) is 5.95 Å². The zero-order valence-corrected chi connectivity index (χ0v) is 26.0. The highest BCUT2D eigenvalue weighted by atomic mass is 35.5. The Morgan fingerprint density at radius 3 is 2.38 bits per heavy atom. The lowest BCUT2D eigenvalue weighted by molar-refractivity contribution is -0.160. The summed E-state index contributed by atoms with van der Waals surface area (Å²) in [5.41, 5.74) is 5.39. The molecule has 1 N–H and O–H groups in total. The zero-order valence-electron chi connectivity index (χ0n) is 25.2. The second-order valence-electron chi connectivity index (χ2n) is 11.9. The molecule has 3 heterocycles. The van der Waals surface area contributed by atoms with Crippen molar-refractivity contribution in [1.82, 2.24) is 19.4 Å². The number of ether oxygens (including phenoxy) is 2. The lowest BCUT2D eigenvalue weighted by atomic mass is 9.87. The monoisotopic (exact) mass is 591 g/mol. The number of aliphatic carboxylic acids is 1. The van der Waals surface area contributed by atoms with E-state index in [1.165, 1.54) is 0 Å². The average molecular weight is 592 g/mol. The summed E-state index contributed by atoms with van der Waals surface area (Å²) in [6.07, 6.45) is 2.17. The van der Waals surface area contributed by atoms with Crippen LogP contribution in [-0.2, 0) is 16.1 Å². The number of carbonyl (C=O) groups is 1. The fourth-order valence-corrected chi connectivity index (χ4v) is 5.73.